The SMILES string of the molecule is Cc1ccc(C)n1[C@H](C)c1cccc(C(C)O)c1. The number of aliphatic hydroxyl groups excluding tert-OH is 1. The number of rotatable bonds is 3. The third-order valence-electron chi connectivity index (χ3n) is 3.59. The van der Waals surface area contributed by atoms with Gasteiger partial charge in [0.05, 0.1) is 12.1 Å². The lowest BCUT2D eigenvalue weighted by Gasteiger charge is -2.20. The van der Waals surface area contributed by atoms with Crippen LogP contribution >= 0.6 is 0 Å². The number of nitrogens with zero attached hydrogens (tertiary/aromatic N) is 1. The molecule has 2 rings (SSSR count). The fraction of sp³-hybridized carbons (Fsp3) is 0.375. The summed E-state index contributed by atoms with van der Waals surface area (Å²) in [5.41, 5.74) is 4.74. The van der Waals surface area contributed by atoms with Gasteiger partial charge in [0, 0.05) is 11.4 Å². The highest BCUT2D eigenvalue weighted by Gasteiger charge is 2.12. The van der Waals surface area contributed by atoms with Crippen molar-refractivity contribution in [3.8, 4) is 0 Å². The van der Waals surface area contributed by atoms with Crippen LogP contribution in [-0.2, 0) is 0 Å². The zero-order valence-corrected chi connectivity index (χ0v) is 11.5. The Morgan fingerprint density at radius 1 is 0.944 bits per heavy atom. The fourth-order valence-electron chi connectivity index (χ4n) is 2.52. The van der Waals surface area contributed by atoms with Crippen molar-refractivity contribution >= 4 is 0 Å². The Morgan fingerprint density at radius 3 is 2.06 bits per heavy atom. The van der Waals surface area contributed by atoms with Crippen LogP contribution in [0.5, 0.6) is 0 Å². The van der Waals surface area contributed by atoms with E-state index in [0.717, 1.165) is 5.56 Å². The van der Waals surface area contributed by atoms with Gasteiger partial charge in [-0.3, -0.25) is 0 Å². The van der Waals surface area contributed by atoms with Crippen LogP contribution in [0.4, 0.5) is 0 Å². The molecule has 18 heavy (non-hydrogen) atoms. The highest BCUT2D eigenvalue weighted by Crippen LogP contribution is 2.25. The summed E-state index contributed by atoms with van der Waals surface area (Å²) in [6.45, 7) is 8.25. The predicted molar refractivity (Wildman–Crippen MR) is 74.8 cm³/mol. The molecular formula is C16H21NO. The molecule has 1 heterocycles. The van der Waals surface area contributed by atoms with Crippen molar-refractivity contribution in [3.05, 3.63) is 58.9 Å². The zero-order valence-electron chi connectivity index (χ0n) is 11.5. The lowest BCUT2D eigenvalue weighted by molar-refractivity contribution is 0.199. The van der Waals surface area contributed by atoms with E-state index in [1.165, 1.54) is 17.0 Å². The summed E-state index contributed by atoms with van der Waals surface area (Å²) in [6, 6.07) is 12.8. The smallest absolute Gasteiger partial charge is 0.0762 e. The summed E-state index contributed by atoms with van der Waals surface area (Å²) in [5, 5.41) is 9.66. The molecule has 2 heteroatoms. The normalized spacial score (nSPS) is 14.5. The van der Waals surface area contributed by atoms with Crippen molar-refractivity contribution in [1.29, 1.82) is 0 Å². The molecule has 0 bridgehead atoms. The highest BCUT2D eigenvalue weighted by atomic mass is 16.3. The first-order valence-corrected chi connectivity index (χ1v) is 6.43. The van der Waals surface area contributed by atoms with Crippen LogP contribution in [0.25, 0.3) is 0 Å². The molecule has 1 aromatic carbocycles. The molecule has 0 aliphatic heterocycles. The fourth-order valence-corrected chi connectivity index (χ4v) is 2.52. The Morgan fingerprint density at radius 2 is 1.50 bits per heavy atom. The Hall–Kier alpha value is -1.54. The molecule has 0 spiro atoms. The van der Waals surface area contributed by atoms with Gasteiger partial charge in [0.15, 0.2) is 0 Å². The van der Waals surface area contributed by atoms with Gasteiger partial charge >= 0.3 is 0 Å². The van der Waals surface area contributed by atoms with E-state index in [0.29, 0.717) is 6.04 Å². The van der Waals surface area contributed by atoms with Crippen LogP contribution in [0.15, 0.2) is 36.4 Å². The van der Waals surface area contributed by atoms with Gasteiger partial charge < -0.3 is 9.67 Å². The van der Waals surface area contributed by atoms with Crippen molar-refractivity contribution in [3.63, 3.8) is 0 Å². The van der Waals surface area contributed by atoms with Crippen molar-refractivity contribution in [2.45, 2.75) is 39.8 Å². The molecule has 0 amide bonds. The molecule has 2 atom stereocenters. The van der Waals surface area contributed by atoms with Crippen molar-refractivity contribution in [2.24, 2.45) is 0 Å². The Labute approximate surface area is 109 Å². The van der Waals surface area contributed by atoms with Gasteiger partial charge in [-0.05, 0) is 51.0 Å². The van der Waals surface area contributed by atoms with E-state index in [1.54, 1.807) is 6.92 Å². The van der Waals surface area contributed by atoms with Gasteiger partial charge in [-0.25, -0.2) is 0 Å². The number of hydrogen-bond acceptors (Lipinski definition) is 1. The third-order valence-corrected chi connectivity index (χ3v) is 3.59. The van der Waals surface area contributed by atoms with E-state index in [9.17, 15) is 5.11 Å². The Balaban J connectivity index is 2.40. The lowest BCUT2D eigenvalue weighted by Crippen LogP contribution is -2.10. The van der Waals surface area contributed by atoms with Crippen LogP contribution in [-0.4, -0.2) is 9.67 Å². The average Bonchev–Trinajstić information content (AvgIpc) is 2.68. The molecule has 0 radical (unpaired) electrons. The standard InChI is InChI=1S/C16H21NO/c1-11-8-9-12(2)17(11)13(3)15-6-5-7-16(10-15)14(4)18/h5-10,13-14,18H,1-4H3/t13-,14?/m1/s1. The average molecular weight is 243 g/mol. The third kappa shape index (κ3) is 2.34. The van der Waals surface area contributed by atoms with Gasteiger partial charge in [0.2, 0.25) is 0 Å². The van der Waals surface area contributed by atoms with E-state index in [2.05, 4.69) is 49.6 Å². The minimum atomic E-state index is -0.413. The Kier molecular flexibility index (Phi) is 3.58. The summed E-state index contributed by atoms with van der Waals surface area (Å²) in [5.74, 6) is 0. The summed E-state index contributed by atoms with van der Waals surface area (Å²) in [4.78, 5) is 0. The maximum absolute atomic E-state index is 9.66. The minimum Gasteiger partial charge on any atom is -0.389 e. The largest absolute Gasteiger partial charge is 0.389 e. The summed E-state index contributed by atoms with van der Waals surface area (Å²) in [6.07, 6.45) is -0.413. The number of hydrogen-bond donors (Lipinski definition) is 1. The number of benzene rings is 1. The molecule has 0 saturated heterocycles. The highest BCUT2D eigenvalue weighted by molar-refractivity contribution is 5.29. The van der Waals surface area contributed by atoms with Gasteiger partial charge in [0.25, 0.3) is 0 Å². The van der Waals surface area contributed by atoms with Crippen molar-refractivity contribution in [2.75, 3.05) is 0 Å². The topological polar surface area (TPSA) is 25.2 Å². The van der Waals surface area contributed by atoms with Crippen LogP contribution in [0.1, 0.15) is 48.5 Å². The maximum Gasteiger partial charge on any atom is 0.0762 e. The molecule has 0 aliphatic carbocycles. The first-order valence-electron chi connectivity index (χ1n) is 6.43. The molecule has 96 valence electrons. The van der Waals surface area contributed by atoms with Gasteiger partial charge in [-0.15, -0.1) is 0 Å². The van der Waals surface area contributed by atoms with Crippen molar-refractivity contribution in [1.82, 2.24) is 4.57 Å². The van der Waals surface area contributed by atoms with E-state index in [1.807, 2.05) is 12.1 Å². The van der Waals surface area contributed by atoms with Crippen LogP contribution in [0.3, 0.4) is 0 Å². The quantitative estimate of drug-likeness (QED) is 0.872. The first kappa shape index (κ1) is 12.9. The summed E-state index contributed by atoms with van der Waals surface area (Å²) in [7, 11) is 0. The van der Waals surface area contributed by atoms with E-state index in [4.69, 9.17) is 0 Å². The lowest BCUT2D eigenvalue weighted by atomic mass is 10.0. The van der Waals surface area contributed by atoms with E-state index >= 15 is 0 Å². The van der Waals surface area contributed by atoms with Gasteiger partial charge in [-0.2, -0.15) is 0 Å². The molecule has 1 N–H and O–H groups in total. The second kappa shape index (κ2) is 4.99. The molecule has 1 aromatic heterocycles. The molecule has 2 nitrogen and oxygen atoms in total. The number of aromatic nitrogens is 1. The Bertz CT molecular complexity index is 520. The van der Waals surface area contributed by atoms with Crippen molar-refractivity contribution < 1.29 is 5.11 Å². The van der Waals surface area contributed by atoms with Gasteiger partial charge in [0.1, 0.15) is 0 Å². The maximum atomic E-state index is 9.66. The first-order chi connectivity index (χ1) is 8.50. The second-order valence-corrected chi connectivity index (χ2v) is 5.01. The van der Waals surface area contributed by atoms with Gasteiger partial charge in [-0.1, -0.05) is 24.3 Å². The van der Waals surface area contributed by atoms with E-state index in [-0.39, 0.29) is 0 Å². The molecule has 2 aromatic rings. The zero-order chi connectivity index (χ0) is 13.3. The monoisotopic (exact) mass is 243 g/mol. The summed E-state index contributed by atoms with van der Waals surface area (Å²) >= 11 is 0. The summed E-state index contributed by atoms with van der Waals surface area (Å²) < 4.78 is 2.32. The molecular weight excluding hydrogens is 222 g/mol. The molecule has 0 fully saturated rings. The predicted octanol–water partition coefficient (Wildman–Crippen LogP) is 3.77. The molecule has 0 saturated carbocycles. The number of aryl methyl sites for hydroxylation is 2. The molecule has 0 aliphatic rings. The van der Waals surface area contributed by atoms with Crippen LogP contribution in [0.2, 0.25) is 0 Å². The number of aliphatic hydroxyl groups is 1. The minimum absolute atomic E-state index is 0.290. The molecule has 1 unspecified atom stereocenters. The second-order valence-electron chi connectivity index (χ2n) is 5.01. The van der Waals surface area contributed by atoms with Crippen LogP contribution < -0.4 is 0 Å². The van der Waals surface area contributed by atoms with E-state index < -0.39 is 6.10 Å². The van der Waals surface area contributed by atoms with Crippen LogP contribution in [0, 0.1) is 13.8 Å².